The van der Waals surface area contributed by atoms with Gasteiger partial charge in [0.2, 0.25) is 0 Å². The molecule has 0 aliphatic heterocycles. The van der Waals surface area contributed by atoms with Crippen molar-refractivity contribution in [2.75, 3.05) is 20.1 Å². The smallest absolute Gasteiger partial charge is 0.290 e. The van der Waals surface area contributed by atoms with E-state index >= 15 is 0 Å². The van der Waals surface area contributed by atoms with Gasteiger partial charge in [0.05, 0.1) is 6.54 Å². The number of nitrogens with zero attached hydrogens (tertiary/aromatic N) is 2. The quantitative estimate of drug-likeness (QED) is 0.856. The number of aromatic nitrogens is 1. The molecule has 1 aromatic heterocycles. The van der Waals surface area contributed by atoms with Crippen molar-refractivity contribution in [3.05, 3.63) is 22.2 Å². The summed E-state index contributed by atoms with van der Waals surface area (Å²) in [6, 6.07) is 1.64. The maximum atomic E-state index is 12.0. The van der Waals surface area contributed by atoms with Crippen LogP contribution < -0.4 is 11.3 Å². The summed E-state index contributed by atoms with van der Waals surface area (Å²) in [5, 5.41) is 0. The van der Waals surface area contributed by atoms with Crippen LogP contribution in [0.5, 0.6) is 0 Å². The first-order valence-electron chi connectivity index (χ1n) is 6.66. The van der Waals surface area contributed by atoms with E-state index in [-0.39, 0.29) is 12.5 Å². The summed E-state index contributed by atoms with van der Waals surface area (Å²) in [5.41, 5.74) is 5.34. The summed E-state index contributed by atoms with van der Waals surface area (Å²) < 4.78 is 5.93. The molecule has 2 rings (SSSR count). The maximum Gasteiger partial charge on any atom is 0.290 e. The van der Waals surface area contributed by atoms with E-state index in [0.29, 0.717) is 24.3 Å². The Morgan fingerprint density at radius 2 is 2.32 bits per heavy atom. The largest absolute Gasteiger partial charge is 0.373 e. The summed E-state index contributed by atoms with van der Waals surface area (Å²) in [4.78, 5) is 25.5. The van der Waals surface area contributed by atoms with Crippen molar-refractivity contribution in [2.24, 2.45) is 11.7 Å². The van der Waals surface area contributed by atoms with E-state index < -0.39 is 5.56 Å². The molecule has 0 radical (unpaired) electrons. The second-order valence-electron chi connectivity index (χ2n) is 5.28. The second kappa shape index (κ2) is 5.71. The first-order chi connectivity index (χ1) is 9.02. The van der Waals surface area contributed by atoms with Crippen LogP contribution in [-0.4, -0.2) is 41.7 Å². The SMILES string of the molecule is Cc1cc(=O)n(C(=O)CN(C)C2CCCC2CN)o1. The molecule has 1 aliphatic carbocycles. The van der Waals surface area contributed by atoms with Crippen molar-refractivity contribution in [1.29, 1.82) is 0 Å². The molecule has 2 unspecified atom stereocenters. The van der Waals surface area contributed by atoms with Crippen LogP contribution >= 0.6 is 0 Å². The molecule has 1 aromatic rings. The fourth-order valence-corrected chi connectivity index (χ4v) is 2.89. The molecule has 0 saturated heterocycles. The van der Waals surface area contributed by atoms with Crippen molar-refractivity contribution in [2.45, 2.75) is 32.2 Å². The molecule has 0 amide bonds. The normalized spacial score (nSPS) is 23.2. The number of likely N-dealkylation sites (N-methyl/N-ethyl adjacent to an activating group) is 1. The van der Waals surface area contributed by atoms with Crippen molar-refractivity contribution >= 4 is 5.91 Å². The molecule has 1 saturated carbocycles. The molecule has 6 heteroatoms. The molecule has 106 valence electrons. The Hall–Kier alpha value is -1.40. The van der Waals surface area contributed by atoms with Crippen LogP contribution in [0.25, 0.3) is 0 Å². The lowest BCUT2D eigenvalue weighted by Crippen LogP contribution is -2.42. The van der Waals surface area contributed by atoms with E-state index in [1.54, 1.807) is 6.92 Å². The van der Waals surface area contributed by atoms with Crippen molar-refractivity contribution in [1.82, 2.24) is 9.64 Å². The number of hydrogen-bond donors (Lipinski definition) is 1. The van der Waals surface area contributed by atoms with Gasteiger partial charge in [-0.3, -0.25) is 14.5 Å². The number of carbonyl (C=O) groups excluding carboxylic acids is 1. The van der Waals surface area contributed by atoms with Crippen LogP contribution in [0.1, 0.15) is 29.8 Å². The Kier molecular flexibility index (Phi) is 4.21. The predicted molar refractivity (Wildman–Crippen MR) is 71.1 cm³/mol. The molecule has 2 N–H and O–H groups in total. The minimum absolute atomic E-state index is 0.175. The fraction of sp³-hybridized carbons (Fsp3) is 0.692. The van der Waals surface area contributed by atoms with Gasteiger partial charge in [-0.25, -0.2) is 0 Å². The average molecular weight is 267 g/mol. The lowest BCUT2D eigenvalue weighted by atomic mass is 10.0. The Balaban J connectivity index is 2.02. The zero-order valence-electron chi connectivity index (χ0n) is 11.5. The van der Waals surface area contributed by atoms with Gasteiger partial charge in [0.1, 0.15) is 5.76 Å². The average Bonchev–Trinajstić information content (AvgIpc) is 2.95. The van der Waals surface area contributed by atoms with Crippen LogP contribution in [0.15, 0.2) is 15.4 Å². The zero-order chi connectivity index (χ0) is 14.0. The van der Waals surface area contributed by atoms with Gasteiger partial charge in [0.15, 0.2) is 0 Å². The van der Waals surface area contributed by atoms with Crippen LogP contribution in [0.3, 0.4) is 0 Å². The van der Waals surface area contributed by atoms with Gasteiger partial charge in [0, 0.05) is 12.1 Å². The van der Waals surface area contributed by atoms with Crippen molar-refractivity contribution < 1.29 is 9.32 Å². The Bertz CT molecular complexity index is 505. The molecule has 0 spiro atoms. The number of rotatable bonds is 4. The van der Waals surface area contributed by atoms with Gasteiger partial charge in [-0.1, -0.05) is 6.42 Å². The molecule has 1 aliphatic rings. The van der Waals surface area contributed by atoms with E-state index in [1.165, 1.54) is 6.07 Å². The molecule has 1 heterocycles. The van der Waals surface area contributed by atoms with Gasteiger partial charge >= 0.3 is 0 Å². The Labute approximate surface area is 112 Å². The molecule has 19 heavy (non-hydrogen) atoms. The summed E-state index contributed by atoms with van der Waals surface area (Å²) in [5.74, 6) is 0.554. The van der Waals surface area contributed by atoms with Gasteiger partial charge in [-0.05, 0) is 39.3 Å². The molecule has 2 atom stereocenters. The highest BCUT2D eigenvalue weighted by Gasteiger charge is 2.30. The lowest BCUT2D eigenvalue weighted by molar-refractivity contribution is 0.0688. The molecular weight excluding hydrogens is 246 g/mol. The summed E-state index contributed by atoms with van der Waals surface area (Å²) in [6.45, 7) is 2.47. The number of nitrogens with two attached hydrogens (primary N) is 1. The van der Waals surface area contributed by atoms with Crippen LogP contribution in [0.4, 0.5) is 0 Å². The maximum absolute atomic E-state index is 12.0. The standard InChI is InChI=1S/C13H21N3O3/c1-9-6-12(17)16(19-9)13(18)8-15(2)11-5-3-4-10(11)7-14/h6,10-11H,3-5,7-8,14H2,1-2H3. The molecular formula is C13H21N3O3. The summed E-state index contributed by atoms with van der Waals surface area (Å²) >= 11 is 0. The van der Waals surface area contributed by atoms with E-state index in [2.05, 4.69) is 0 Å². The first kappa shape index (κ1) is 14.0. The Morgan fingerprint density at radius 3 is 2.89 bits per heavy atom. The van der Waals surface area contributed by atoms with Gasteiger partial charge in [-0.15, -0.1) is 4.74 Å². The second-order valence-corrected chi connectivity index (χ2v) is 5.28. The van der Waals surface area contributed by atoms with Gasteiger partial charge in [0.25, 0.3) is 11.5 Å². The molecule has 0 bridgehead atoms. The fourth-order valence-electron chi connectivity index (χ4n) is 2.89. The minimum atomic E-state index is -0.405. The highest BCUT2D eigenvalue weighted by molar-refractivity contribution is 5.79. The third kappa shape index (κ3) is 2.96. The third-order valence-corrected chi connectivity index (χ3v) is 3.86. The number of aryl methyl sites for hydroxylation is 1. The van der Waals surface area contributed by atoms with Crippen molar-refractivity contribution in [3.8, 4) is 0 Å². The predicted octanol–water partition coefficient (Wildman–Crippen LogP) is 0.449. The van der Waals surface area contributed by atoms with E-state index in [9.17, 15) is 9.59 Å². The third-order valence-electron chi connectivity index (χ3n) is 3.86. The topological polar surface area (TPSA) is 81.5 Å². The van der Waals surface area contributed by atoms with E-state index in [1.807, 2.05) is 11.9 Å². The van der Waals surface area contributed by atoms with Crippen LogP contribution in [0.2, 0.25) is 0 Å². The minimum Gasteiger partial charge on any atom is -0.373 e. The van der Waals surface area contributed by atoms with Crippen molar-refractivity contribution in [3.63, 3.8) is 0 Å². The highest BCUT2D eigenvalue weighted by Crippen LogP contribution is 2.28. The molecule has 1 fully saturated rings. The Morgan fingerprint density at radius 1 is 1.58 bits per heavy atom. The van der Waals surface area contributed by atoms with Crippen LogP contribution in [0, 0.1) is 12.8 Å². The van der Waals surface area contributed by atoms with Gasteiger partial charge < -0.3 is 10.3 Å². The van der Waals surface area contributed by atoms with Gasteiger partial charge in [-0.2, -0.15) is 0 Å². The van der Waals surface area contributed by atoms with E-state index in [4.69, 9.17) is 10.3 Å². The first-order valence-corrected chi connectivity index (χ1v) is 6.66. The number of hydrogen-bond acceptors (Lipinski definition) is 5. The molecule has 6 nitrogen and oxygen atoms in total. The monoisotopic (exact) mass is 267 g/mol. The molecule has 0 aromatic carbocycles. The summed E-state index contributed by atoms with van der Waals surface area (Å²) in [7, 11) is 1.90. The summed E-state index contributed by atoms with van der Waals surface area (Å²) in [6.07, 6.45) is 3.31. The highest BCUT2D eigenvalue weighted by atomic mass is 16.5. The number of carbonyl (C=O) groups is 1. The zero-order valence-corrected chi connectivity index (χ0v) is 11.5. The lowest BCUT2D eigenvalue weighted by Gasteiger charge is -2.28. The van der Waals surface area contributed by atoms with Crippen LogP contribution in [-0.2, 0) is 0 Å². The van der Waals surface area contributed by atoms with E-state index in [0.717, 1.165) is 24.0 Å².